The highest BCUT2D eigenvalue weighted by atomic mass is 32.1. The van der Waals surface area contributed by atoms with Crippen LogP contribution in [-0.4, -0.2) is 15.8 Å². The van der Waals surface area contributed by atoms with Gasteiger partial charge in [-0.15, -0.1) is 11.3 Å². The Hall–Kier alpha value is -2.34. The van der Waals surface area contributed by atoms with Gasteiger partial charge in [0.25, 0.3) is 0 Å². The second-order valence-electron chi connectivity index (χ2n) is 5.15. The van der Waals surface area contributed by atoms with Gasteiger partial charge < -0.3 is 4.74 Å². The van der Waals surface area contributed by atoms with Crippen LogP contribution in [-0.2, 0) is 6.54 Å². The molecule has 0 bridgehead atoms. The van der Waals surface area contributed by atoms with Gasteiger partial charge in [0.1, 0.15) is 5.75 Å². The van der Waals surface area contributed by atoms with Crippen molar-refractivity contribution in [2.24, 2.45) is 0 Å². The standard InChI is InChI=1S/C16H16N2O3S/c1-11(2)20-13-7-5-12(6-8-13)10-18-15(17-21-16(18)19)14-4-3-9-22-14/h3-9,11H,10H2,1-2H3. The molecule has 0 fully saturated rings. The molecule has 1 aromatic carbocycles. The highest BCUT2D eigenvalue weighted by Crippen LogP contribution is 2.22. The number of benzene rings is 1. The Morgan fingerprint density at radius 3 is 2.68 bits per heavy atom. The minimum atomic E-state index is -0.453. The van der Waals surface area contributed by atoms with Gasteiger partial charge in [0.05, 0.1) is 17.5 Å². The van der Waals surface area contributed by atoms with E-state index in [1.165, 1.54) is 15.9 Å². The molecule has 3 rings (SSSR count). The highest BCUT2D eigenvalue weighted by molar-refractivity contribution is 7.13. The molecule has 114 valence electrons. The van der Waals surface area contributed by atoms with Crippen LogP contribution >= 0.6 is 11.3 Å². The summed E-state index contributed by atoms with van der Waals surface area (Å²) in [5.74, 6) is 0.920. The van der Waals surface area contributed by atoms with E-state index in [1.807, 2.05) is 55.6 Å². The number of ether oxygens (including phenoxy) is 1. The maximum absolute atomic E-state index is 11.9. The number of aromatic nitrogens is 2. The van der Waals surface area contributed by atoms with Crippen molar-refractivity contribution in [1.82, 2.24) is 9.72 Å². The zero-order chi connectivity index (χ0) is 15.5. The van der Waals surface area contributed by atoms with Crippen LogP contribution in [0.2, 0.25) is 0 Å². The Kier molecular flexibility index (Phi) is 4.11. The molecular formula is C16H16N2O3S. The van der Waals surface area contributed by atoms with E-state index < -0.39 is 5.76 Å². The third kappa shape index (κ3) is 3.12. The molecule has 0 amide bonds. The van der Waals surface area contributed by atoms with Crippen LogP contribution in [0.3, 0.4) is 0 Å². The maximum Gasteiger partial charge on any atom is 0.442 e. The fourth-order valence-electron chi connectivity index (χ4n) is 2.12. The summed E-state index contributed by atoms with van der Waals surface area (Å²) in [7, 11) is 0. The average Bonchev–Trinajstić information content (AvgIpc) is 3.11. The Labute approximate surface area is 131 Å². The predicted octanol–water partition coefficient (Wildman–Crippen LogP) is 3.40. The van der Waals surface area contributed by atoms with Gasteiger partial charge in [0, 0.05) is 0 Å². The first-order valence-electron chi connectivity index (χ1n) is 6.99. The van der Waals surface area contributed by atoms with Crippen molar-refractivity contribution in [1.29, 1.82) is 0 Å². The Bertz CT molecular complexity index is 786. The van der Waals surface area contributed by atoms with Crippen molar-refractivity contribution >= 4 is 11.3 Å². The molecule has 0 aliphatic rings. The fraction of sp³-hybridized carbons (Fsp3) is 0.250. The summed E-state index contributed by atoms with van der Waals surface area (Å²) in [6.07, 6.45) is 0.136. The van der Waals surface area contributed by atoms with E-state index >= 15 is 0 Å². The molecule has 0 radical (unpaired) electrons. The first-order valence-corrected chi connectivity index (χ1v) is 7.87. The first kappa shape index (κ1) is 14.6. The molecule has 22 heavy (non-hydrogen) atoms. The second-order valence-corrected chi connectivity index (χ2v) is 6.09. The lowest BCUT2D eigenvalue weighted by Crippen LogP contribution is -2.16. The third-order valence-corrected chi connectivity index (χ3v) is 3.93. The van der Waals surface area contributed by atoms with Gasteiger partial charge >= 0.3 is 5.76 Å². The lowest BCUT2D eigenvalue weighted by Gasteiger charge is -2.10. The smallest absolute Gasteiger partial charge is 0.442 e. The van der Waals surface area contributed by atoms with Crippen molar-refractivity contribution in [3.63, 3.8) is 0 Å². The van der Waals surface area contributed by atoms with Gasteiger partial charge in [-0.25, -0.2) is 4.79 Å². The van der Waals surface area contributed by atoms with Crippen molar-refractivity contribution in [3.05, 3.63) is 57.9 Å². The topological polar surface area (TPSA) is 57.3 Å². The number of hydrogen-bond acceptors (Lipinski definition) is 5. The molecule has 2 heterocycles. The number of nitrogens with zero attached hydrogens (tertiary/aromatic N) is 2. The number of hydrogen-bond donors (Lipinski definition) is 0. The maximum atomic E-state index is 11.9. The molecule has 0 atom stereocenters. The van der Waals surface area contributed by atoms with Gasteiger partial charge in [-0.2, -0.15) is 0 Å². The molecule has 0 unspecified atom stereocenters. The molecule has 6 heteroatoms. The average molecular weight is 316 g/mol. The van der Waals surface area contributed by atoms with Crippen LogP contribution in [0.5, 0.6) is 5.75 Å². The zero-order valence-electron chi connectivity index (χ0n) is 12.4. The van der Waals surface area contributed by atoms with E-state index in [9.17, 15) is 4.79 Å². The van der Waals surface area contributed by atoms with Crippen LogP contribution in [0.15, 0.2) is 51.1 Å². The van der Waals surface area contributed by atoms with Crippen LogP contribution in [0.4, 0.5) is 0 Å². The fourth-order valence-corrected chi connectivity index (χ4v) is 2.83. The summed E-state index contributed by atoms with van der Waals surface area (Å²) in [5, 5.41) is 5.81. The normalized spacial score (nSPS) is 11.0. The van der Waals surface area contributed by atoms with Gasteiger partial charge in [0.15, 0.2) is 5.82 Å². The second kappa shape index (κ2) is 6.19. The molecule has 0 aliphatic carbocycles. The Morgan fingerprint density at radius 1 is 1.27 bits per heavy atom. The first-order chi connectivity index (χ1) is 10.6. The summed E-state index contributed by atoms with van der Waals surface area (Å²) in [5.41, 5.74) is 0.985. The third-order valence-electron chi connectivity index (χ3n) is 3.06. The minimum Gasteiger partial charge on any atom is -0.491 e. The predicted molar refractivity (Wildman–Crippen MR) is 85.4 cm³/mol. The van der Waals surface area contributed by atoms with E-state index in [0.29, 0.717) is 12.4 Å². The van der Waals surface area contributed by atoms with E-state index in [4.69, 9.17) is 9.26 Å². The SMILES string of the molecule is CC(C)Oc1ccc(Cn2c(-c3cccs3)noc2=O)cc1. The highest BCUT2D eigenvalue weighted by Gasteiger charge is 2.14. The van der Waals surface area contributed by atoms with E-state index in [2.05, 4.69) is 5.16 Å². The summed E-state index contributed by atoms with van der Waals surface area (Å²) in [6, 6.07) is 11.5. The molecule has 0 saturated heterocycles. The summed E-state index contributed by atoms with van der Waals surface area (Å²) in [4.78, 5) is 12.8. The lowest BCUT2D eigenvalue weighted by molar-refractivity contribution is 0.242. The molecule has 0 spiro atoms. The van der Waals surface area contributed by atoms with Crippen LogP contribution < -0.4 is 10.5 Å². The number of rotatable bonds is 5. The molecule has 0 saturated carbocycles. The molecule has 0 N–H and O–H groups in total. The Balaban J connectivity index is 1.85. The van der Waals surface area contributed by atoms with Gasteiger partial charge in [-0.3, -0.25) is 9.09 Å². The lowest BCUT2D eigenvalue weighted by atomic mass is 10.2. The largest absolute Gasteiger partial charge is 0.491 e. The Morgan fingerprint density at radius 2 is 2.05 bits per heavy atom. The van der Waals surface area contributed by atoms with Crippen LogP contribution in [0.1, 0.15) is 19.4 Å². The molecule has 2 aromatic heterocycles. The van der Waals surface area contributed by atoms with Crippen molar-refractivity contribution < 1.29 is 9.26 Å². The van der Waals surface area contributed by atoms with E-state index in [1.54, 1.807) is 0 Å². The van der Waals surface area contributed by atoms with Gasteiger partial charge in [-0.1, -0.05) is 23.4 Å². The molecule has 5 nitrogen and oxygen atoms in total. The van der Waals surface area contributed by atoms with Gasteiger partial charge in [0.2, 0.25) is 0 Å². The quantitative estimate of drug-likeness (QED) is 0.724. The zero-order valence-corrected chi connectivity index (χ0v) is 13.2. The minimum absolute atomic E-state index is 0.136. The van der Waals surface area contributed by atoms with Crippen molar-refractivity contribution in [3.8, 4) is 16.5 Å². The summed E-state index contributed by atoms with van der Waals surface area (Å²) >= 11 is 1.52. The molecular weight excluding hydrogens is 300 g/mol. The van der Waals surface area contributed by atoms with Gasteiger partial charge in [-0.05, 0) is 43.0 Å². The van der Waals surface area contributed by atoms with Crippen LogP contribution in [0, 0.1) is 0 Å². The number of thiophene rings is 1. The van der Waals surface area contributed by atoms with E-state index in [-0.39, 0.29) is 6.10 Å². The summed E-state index contributed by atoms with van der Waals surface area (Å²) in [6.45, 7) is 4.38. The van der Waals surface area contributed by atoms with Crippen molar-refractivity contribution in [2.45, 2.75) is 26.5 Å². The molecule has 0 aliphatic heterocycles. The van der Waals surface area contributed by atoms with E-state index in [0.717, 1.165) is 16.2 Å². The molecule has 3 aromatic rings. The van der Waals surface area contributed by atoms with Crippen LogP contribution in [0.25, 0.3) is 10.7 Å². The summed E-state index contributed by atoms with van der Waals surface area (Å²) < 4.78 is 12.0. The van der Waals surface area contributed by atoms with Crippen molar-refractivity contribution in [2.75, 3.05) is 0 Å². The monoisotopic (exact) mass is 316 g/mol.